The van der Waals surface area contributed by atoms with E-state index in [-0.39, 0.29) is 30.6 Å². The number of morpholine rings is 1. The second kappa shape index (κ2) is 10.6. The predicted molar refractivity (Wildman–Crippen MR) is 117 cm³/mol. The quantitative estimate of drug-likeness (QED) is 0.747. The van der Waals surface area contributed by atoms with Gasteiger partial charge in [0.25, 0.3) is 5.91 Å². The molecule has 0 unspecified atom stereocenters. The van der Waals surface area contributed by atoms with Crippen LogP contribution in [-0.2, 0) is 14.3 Å². The zero-order valence-corrected chi connectivity index (χ0v) is 18.7. The van der Waals surface area contributed by atoms with Gasteiger partial charge in [-0.15, -0.1) is 0 Å². The van der Waals surface area contributed by atoms with Gasteiger partial charge in [0.2, 0.25) is 11.8 Å². The topological polar surface area (TPSA) is 88.2 Å². The molecule has 2 atom stereocenters. The third-order valence-corrected chi connectivity index (χ3v) is 5.82. The Morgan fingerprint density at radius 1 is 1.06 bits per heavy atom. The van der Waals surface area contributed by atoms with E-state index in [4.69, 9.17) is 9.47 Å². The van der Waals surface area contributed by atoms with Crippen LogP contribution in [0.2, 0.25) is 0 Å². The average molecular weight is 432 g/mol. The van der Waals surface area contributed by atoms with Crippen LogP contribution >= 0.6 is 0 Å². The van der Waals surface area contributed by atoms with Gasteiger partial charge in [-0.1, -0.05) is 13.8 Å². The molecule has 8 nitrogen and oxygen atoms in total. The van der Waals surface area contributed by atoms with E-state index in [0.717, 1.165) is 6.42 Å². The Balaban J connectivity index is 1.66. The number of hydrogen-bond acceptors (Lipinski definition) is 5. The van der Waals surface area contributed by atoms with Crippen LogP contribution < -0.4 is 10.1 Å². The highest BCUT2D eigenvalue weighted by atomic mass is 16.5. The summed E-state index contributed by atoms with van der Waals surface area (Å²) in [6.07, 6.45) is 1.29. The Morgan fingerprint density at radius 3 is 2.39 bits per heavy atom. The second-order valence-electron chi connectivity index (χ2n) is 8.61. The lowest BCUT2D eigenvalue weighted by Gasteiger charge is -2.35. The van der Waals surface area contributed by atoms with Crippen molar-refractivity contribution >= 4 is 23.4 Å². The van der Waals surface area contributed by atoms with E-state index in [2.05, 4.69) is 19.2 Å². The summed E-state index contributed by atoms with van der Waals surface area (Å²) in [4.78, 5) is 41.7. The highest BCUT2D eigenvalue weighted by Crippen LogP contribution is 2.27. The van der Waals surface area contributed by atoms with Crippen LogP contribution in [0.5, 0.6) is 5.75 Å². The Kier molecular flexibility index (Phi) is 7.90. The van der Waals surface area contributed by atoms with Crippen molar-refractivity contribution in [3.8, 4) is 5.75 Å². The van der Waals surface area contributed by atoms with Crippen LogP contribution in [-0.4, -0.2) is 74.0 Å². The summed E-state index contributed by atoms with van der Waals surface area (Å²) in [7, 11) is 1.55. The smallest absolute Gasteiger partial charge is 0.256 e. The van der Waals surface area contributed by atoms with Gasteiger partial charge in [0.15, 0.2) is 0 Å². The minimum Gasteiger partial charge on any atom is -0.497 e. The number of carbonyl (C=O) groups excluding carboxylic acids is 3. The van der Waals surface area contributed by atoms with Crippen molar-refractivity contribution in [3.05, 3.63) is 23.8 Å². The van der Waals surface area contributed by atoms with Crippen LogP contribution in [0.3, 0.4) is 0 Å². The largest absolute Gasteiger partial charge is 0.497 e. The molecule has 0 spiro atoms. The number of methoxy groups -OCH3 is 1. The van der Waals surface area contributed by atoms with Crippen molar-refractivity contribution in [2.24, 2.45) is 11.8 Å². The number of benzene rings is 1. The third kappa shape index (κ3) is 6.19. The van der Waals surface area contributed by atoms with Crippen molar-refractivity contribution in [1.82, 2.24) is 9.80 Å². The minimum atomic E-state index is -0.291. The molecule has 2 saturated heterocycles. The molecule has 2 aliphatic rings. The number of ether oxygens (including phenoxy) is 2. The van der Waals surface area contributed by atoms with E-state index in [0.29, 0.717) is 68.2 Å². The zero-order valence-electron chi connectivity index (χ0n) is 18.7. The van der Waals surface area contributed by atoms with E-state index in [9.17, 15) is 14.4 Å². The maximum Gasteiger partial charge on any atom is 0.256 e. The maximum atomic E-state index is 13.3. The lowest BCUT2D eigenvalue weighted by atomic mass is 9.91. The number of amides is 3. The summed E-state index contributed by atoms with van der Waals surface area (Å²) in [5.74, 6) is 0.964. The molecule has 31 heavy (non-hydrogen) atoms. The fourth-order valence-electron chi connectivity index (χ4n) is 4.34. The molecule has 2 aliphatic heterocycles. The summed E-state index contributed by atoms with van der Waals surface area (Å²) in [6, 6.07) is 5.07. The second-order valence-corrected chi connectivity index (χ2v) is 8.61. The van der Waals surface area contributed by atoms with Crippen molar-refractivity contribution < 1.29 is 23.9 Å². The van der Waals surface area contributed by atoms with E-state index >= 15 is 0 Å². The molecule has 1 aromatic rings. The van der Waals surface area contributed by atoms with Gasteiger partial charge < -0.3 is 24.6 Å². The fraction of sp³-hybridized carbons (Fsp3) is 0.609. The van der Waals surface area contributed by atoms with Crippen molar-refractivity contribution in [1.29, 1.82) is 0 Å². The van der Waals surface area contributed by atoms with Crippen molar-refractivity contribution in [2.75, 3.05) is 51.8 Å². The lowest BCUT2D eigenvalue weighted by Crippen LogP contribution is -2.42. The molecule has 1 aromatic carbocycles. The summed E-state index contributed by atoms with van der Waals surface area (Å²) < 4.78 is 10.5. The molecular weight excluding hydrogens is 398 g/mol. The molecule has 1 N–H and O–H groups in total. The highest BCUT2D eigenvalue weighted by molar-refractivity contribution is 6.04. The lowest BCUT2D eigenvalue weighted by molar-refractivity contribution is -0.136. The Hall–Kier alpha value is -2.61. The first-order chi connectivity index (χ1) is 14.9. The van der Waals surface area contributed by atoms with Crippen LogP contribution in [0.25, 0.3) is 0 Å². The molecule has 8 heteroatoms. The first-order valence-electron chi connectivity index (χ1n) is 11.0. The number of nitrogens with zero attached hydrogens (tertiary/aromatic N) is 2. The molecule has 2 fully saturated rings. The number of anilines is 1. The van der Waals surface area contributed by atoms with Gasteiger partial charge >= 0.3 is 0 Å². The number of rotatable bonds is 6. The van der Waals surface area contributed by atoms with Crippen molar-refractivity contribution in [3.63, 3.8) is 0 Å². The number of nitrogens with one attached hydrogen (secondary N) is 1. The van der Waals surface area contributed by atoms with Gasteiger partial charge in [-0.3, -0.25) is 14.4 Å². The molecule has 2 heterocycles. The maximum absolute atomic E-state index is 13.3. The van der Waals surface area contributed by atoms with Gasteiger partial charge in [0, 0.05) is 39.0 Å². The fourth-order valence-corrected chi connectivity index (χ4v) is 4.34. The van der Waals surface area contributed by atoms with E-state index in [1.54, 1.807) is 30.2 Å². The Labute approximate surface area is 183 Å². The predicted octanol–water partition coefficient (Wildman–Crippen LogP) is 2.39. The van der Waals surface area contributed by atoms with E-state index in [1.807, 2.05) is 4.90 Å². The molecule has 3 rings (SSSR count). The van der Waals surface area contributed by atoms with Crippen LogP contribution in [0.15, 0.2) is 18.2 Å². The van der Waals surface area contributed by atoms with Crippen molar-refractivity contribution in [2.45, 2.75) is 33.1 Å². The highest BCUT2D eigenvalue weighted by Gasteiger charge is 2.28. The number of hydrogen-bond donors (Lipinski definition) is 1. The number of piperidine rings is 1. The van der Waals surface area contributed by atoms with Crippen LogP contribution in [0.4, 0.5) is 5.69 Å². The van der Waals surface area contributed by atoms with E-state index in [1.165, 1.54) is 0 Å². The molecule has 0 aliphatic carbocycles. The average Bonchev–Trinajstić information content (AvgIpc) is 2.77. The van der Waals surface area contributed by atoms with Gasteiger partial charge in [0.1, 0.15) is 5.75 Å². The zero-order chi connectivity index (χ0) is 22.4. The van der Waals surface area contributed by atoms with Crippen LogP contribution in [0.1, 0.15) is 43.5 Å². The minimum absolute atomic E-state index is 0.0548. The number of carbonyl (C=O) groups is 3. The Morgan fingerprint density at radius 2 is 1.74 bits per heavy atom. The van der Waals surface area contributed by atoms with Crippen LogP contribution in [0, 0.1) is 11.8 Å². The summed E-state index contributed by atoms with van der Waals surface area (Å²) >= 11 is 0. The first kappa shape index (κ1) is 23.1. The SMILES string of the molecule is COc1ccc(NC(=O)CCC(=O)N2CCOCC2)c(C(=O)N2C[C@H](C)C[C@H](C)C2)c1. The molecular formula is C23H33N3O5. The number of likely N-dealkylation sites (tertiary alicyclic amines) is 1. The molecule has 0 saturated carbocycles. The summed E-state index contributed by atoms with van der Waals surface area (Å²) in [5, 5.41) is 2.83. The molecule has 0 aromatic heterocycles. The van der Waals surface area contributed by atoms with Gasteiger partial charge in [-0.05, 0) is 36.5 Å². The standard InChI is InChI=1S/C23H33N3O5/c1-16-12-17(2)15-26(14-16)23(29)19-13-18(30-3)4-5-20(19)24-21(27)6-7-22(28)25-8-10-31-11-9-25/h4-5,13,16-17H,6-12,14-15H2,1-3H3,(H,24,27)/t16-,17+. The monoisotopic (exact) mass is 431 g/mol. The summed E-state index contributed by atoms with van der Waals surface area (Å²) in [6.45, 7) is 7.87. The normalized spacial score (nSPS) is 21.5. The molecule has 0 radical (unpaired) electrons. The van der Waals surface area contributed by atoms with Gasteiger partial charge in [-0.25, -0.2) is 0 Å². The van der Waals surface area contributed by atoms with Gasteiger partial charge in [-0.2, -0.15) is 0 Å². The first-order valence-corrected chi connectivity index (χ1v) is 11.0. The Bertz CT molecular complexity index is 796. The van der Waals surface area contributed by atoms with E-state index < -0.39 is 0 Å². The molecule has 3 amide bonds. The third-order valence-electron chi connectivity index (χ3n) is 5.82. The van der Waals surface area contributed by atoms with Gasteiger partial charge in [0.05, 0.1) is 31.6 Å². The summed E-state index contributed by atoms with van der Waals surface area (Å²) in [5.41, 5.74) is 0.856. The molecule has 170 valence electrons. The molecule has 0 bridgehead atoms.